The molecule has 0 atom stereocenters. The summed E-state index contributed by atoms with van der Waals surface area (Å²) in [6.07, 6.45) is 1.63. The van der Waals surface area contributed by atoms with Crippen molar-refractivity contribution in [2.45, 2.75) is 26.8 Å². The lowest BCUT2D eigenvalue weighted by Crippen LogP contribution is -2.13. The third-order valence-corrected chi connectivity index (χ3v) is 3.00. The fraction of sp³-hybridized carbons (Fsp3) is 0.333. The highest BCUT2D eigenvalue weighted by Crippen LogP contribution is 2.23. The lowest BCUT2D eigenvalue weighted by atomic mass is 10.2. The second-order valence-corrected chi connectivity index (χ2v) is 4.97. The van der Waals surface area contributed by atoms with E-state index in [9.17, 15) is 4.79 Å². The van der Waals surface area contributed by atoms with E-state index in [1.165, 1.54) is 0 Å². The maximum atomic E-state index is 12.3. The number of aryl methyl sites for hydroxylation is 1. The largest absolute Gasteiger partial charge is 0.458 e. The molecule has 5 heteroatoms. The summed E-state index contributed by atoms with van der Waals surface area (Å²) in [7, 11) is 0. The predicted molar refractivity (Wildman–Crippen MR) is 67.2 cm³/mol. The summed E-state index contributed by atoms with van der Waals surface area (Å²) in [6, 6.07) is 3.58. The van der Waals surface area contributed by atoms with Gasteiger partial charge in [-0.3, -0.25) is 9.48 Å². The third-order valence-electron chi connectivity index (χ3n) is 2.42. The van der Waals surface area contributed by atoms with E-state index in [1.54, 1.807) is 23.0 Å². The van der Waals surface area contributed by atoms with Gasteiger partial charge in [0.05, 0.1) is 10.7 Å². The van der Waals surface area contributed by atoms with Crippen LogP contribution in [0.1, 0.15) is 41.9 Å². The topological polar surface area (TPSA) is 48.0 Å². The number of rotatable bonds is 3. The van der Waals surface area contributed by atoms with Crippen molar-refractivity contribution in [1.82, 2.24) is 9.78 Å². The minimum atomic E-state index is -0.156. The quantitative estimate of drug-likeness (QED) is 0.816. The summed E-state index contributed by atoms with van der Waals surface area (Å²) >= 11 is 3.34. The first kappa shape index (κ1) is 12.1. The molecule has 17 heavy (non-hydrogen) atoms. The van der Waals surface area contributed by atoms with Gasteiger partial charge >= 0.3 is 0 Å². The van der Waals surface area contributed by atoms with Crippen LogP contribution in [0.25, 0.3) is 0 Å². The van der Waals surface area contributed by atoms with Crippen LogP contribution < -0.4 is 0 Å². The number of ketones is 1. The summed E-state index contributed by atoms with van der Waals surface area (Å²) in [5.74, 6) is 0.904. The summed E-state index contributed by atoms with van der Waals surface area (Å²) in [5, 5.41) is 4.18. The monoisotopic (exact) mass is 296 g/mol. The molecule has 0 spiro atoms. The zero-order valence-corrected chi connectivity index (χ0v) is 11.5. The number of hydrogen-bond acceptors (Lipinski definition) is 3. The maximum Gasteiger partial charge on any atom is 0.247 e. The maximum absolute atomic E-state index is 12.3. The van der Waals surface area contributed by atoms with Gasteiger partial charge in [0.15, 0.2) is 5.76 Å². The van der Waals surface area contributed by atoms with Gasteiger partial charge in [-0.1, -0.05) is 0 Å². The fourth-order valence-corrected chi connectivity index (χ4v) is 2.07. The molecule has 0 aromatic carbocycles. The van der Waals surface area contributed by atoms with Crippen LogP contribution in [0.15, 0.2) is 27.2 Å². The number of hydrogen-bond donors (Lipinski definition) is 0. The third kappa shape index (κ3) is 2.20. The Balaban J connectivity index is 2.47. The van der Waals surface area contributed by atoms with E-state index in [0.717, 1.165) is 5.76 Å². The van der Waals surface area contributed by atoms with Crippen molar-refractivity contribution in [3.8, 4) is 0 Å². The van der Waals surface area contributed by atoms with E-state index in [0.29, 0.717) is 15.9 Å². The summed E-state index contributed by atoms with van der Waals surface area (Å²) in [5.41, 5.74) is 0.523. The molecule has 0 aliphatic carbocycles. The van der Waals surface area contributed by atoms with Crippen molar-refractivity contribution in [3.05, 3.63) is 40.0 Å². The minimum absolute atomic E-state index is 0.122. The van der Waals surface area contributed by atoms with Crippen molar-refractivity contribution in [2.24, 2.45) is 0 Å². The molecule has 2 aromatic rings. The van der Waals surface area contributed by atoms with Gasteiger partial charge < -0.3 is 4.42 Å². The van der Waals surface area contributed by atoms with Crippen LogP contribution >= 0.6 is 15.9 Å². The molecule has 0 saturated carbocycles. The van der Waals surface area contributed by atoms with Crippen LogP contribution in [0, 0.1) is 6.92 Å². The molecule has 0 radical (unpaired) electrons. The van der Waals surface area contributed by atoms with Crippen molar-refractivity contribution < 1.29 is 9.21 Å². The lowest BCUT2D eigenvalue weighted by Gasteiger charge is -2.09. The molecule has 0 aliphatic rings. The molecular formula is C12H13BrN2O2. The molecule has 0 saturated heterocycles. The van der Waals surface area contributed by atoms with E-state index < -0.39 is 0 Å². The zero-order chi connectivity index (χ0) is 12.6. The molecule has 0 unspecified atom stereocenters. The van der Waals surface area contributed by atoms with Crippen molar-refractivity contribution in [3.63, 3.8) is 0 Å². The molecule has 0 aliphatic heterocycles. The number of nitrogens with zero attached hydrogens (tertiary/aromatic N) is 2. The Morgan fingerprint density at radius 1 is 1.47 bits per heavy atom. The molecule has 2 rings (SSSR count). The standard InChI is InChI=1S/C12H13BrN2O2/c1-7(2)15-11(9(13)6-14-15)12(16)10-5-4-8(3)17-10/h4-7H,1-3H3. The normalized spacial score (nSPS) is 11.1. The average molecular weight is 297 g/mol. The van der Waals surface area contributed by atoms with E-state index in [2.05, 4.69) is 21.0 Å². The van der Waals surface area contributed by atoms with Gasteiger partial charge in [0.1, 0.15) is 11.5 Å². The first-order valence-corrected chi connectivity index (χ1v) is 6.14. The van der Waals surface area contributed by atoms with Crippen molar-refractivity contribution >= 4 is 21.7 Å². The highest BCUT2D eigenvalue weighted by molar-refractivity contribution is 9.10. The summed E-state index contributed by atoms with van der Waals surface area (Å²) < 4.78 is 7.72. The average Bonchev–Trinajstić information content (AvgIpc) is 2.83. The molecule has 4 nitrogen and oxygen atoms in total. The summed E-state index contributed by atoms with van der Waals surface area (Å²) in [6.45, 7) is 5.76. The van der Waals surface area contributed by atoms with Gasteiger partial charge in [0, 0.05) is 6.04 Å². The van der Waals surface area contributed by atoms with Crippen LogP contribution in [0.3, 0.4) is 0 Å². The fourth-order valence-electron chi connectivity index (χ4n) is 1.62. The molecule has 0 amide bonds. The van der Waals surface area contributed by atoms with Gasteiger partial charge in [-0.25, -0.2) is 0 Å². The van der Waals surface area contributed by atoms with Crippen LogP contribution in [-0.2, 0) is 0 Å². The molecule has 0 N–H and O–H groups in total. The van der Waals surface area contributed by atoms with Crippen LogP contribution in [0.2, 0.25) is 0 Å². The van der Waals surface area contributed by atoms with E-state index in [4.69, 9.17) is 4.42 Å². The Morgan fingerprint density at radius 2 is 2.18 bits per heavy atom. The van der Waals surface area contributed by atoms with Crippen molar-refractivity contribution in [1.29, 1.82) is 0 Å². The second-order valence-electron chi connectivity index (χ2n) is 4.12. The first-order valence-electron chi connectivity index (χ1n) is 5.35. The zero-order valence-electron chi connectivity index (χ0n) is 9.90. The molecular weight excluding hydrogens is 284 g/mol. The van der Waals surface area contributed by atoms with Gasteiger partial charge in [0.25, 0.3) is 0 Å². The molecule has 90 valence electrons. The van der Waals surface area contributed by atoms with Gasteiger partial charge in [-0.2, -0.15) is 5.10 Å². The SMILES string of the molecule is Cc1ccc(C(=O)c2c(Br)cnn2C(C)C)o1. The molecule has 0 fully saturated rings. The van der Waals surface area contributed by atoms with Gasteiger partial charge in [0.2, 0.25) is 5.78 Å². The number of halogens is 1. The van der Waals surface area contributed by atoms with Crippen LogP contribution in [-0.4, -0.2) is 15.6 Å². The lowest BCUT2D eigenvalue weighted by molar-refractivity contribution is 0.0995. The Kier molecular flexibility index (Phi) is 3.19. The Morgan fingerprint density at radius 3 is 2.71 bits per heavy atom. The highest BCUT2D eigenvalue weighted by Gasteiger charge is 2.22. The predicted octanol–water partition coefficient (Wildman–Crippen LogP) is 3.36. The Bertz CT molecular complexity index is 555. The van der Waals surface area contributed by atoms with Gasteiger partial charge in [-0.15, -0.1) is 0 Å². The number of carbonyl (C=O) groups excluding carboxylic acids is 1. The van der Waals surface area contributed by atoms with Crippen molar-refractivity contribution in [2.75, 3.05) is 0 Å². The molecule has 0 bridgehead atoms. The van der Waals surface area contributed by atoms with E-state index in [1.807, 2.05) is 20.8 Å². The molecule has 2 heterocycles. The van der Waals surface area contributed by atoms with Crippen LogP contribution in [0.4, 0.5) is 0 Å². The smallest absolute Gasteiger partial charge is 0.247 e. The first-order chi connectivity index (χ1) is 8.00. The number of carbonyl (C=O) groups is 1. The van der Waals surface area contributed by atoms with E-state index >= 15 is 0 Å². The second kappa shape index (κ2) is 4.49. The van der Waals surface area contributed by atoms with Gasteiger partial charge in [-0.05, 0) is 48.8 Å². The Labute approximate surface area is 108 Å². The molecule has 2 aromatic heterocycles. The number of furan rings is 1. The number of aromatic nitrogens is 2. The Hall–Kier alpha value is -1.36. The summed E-state index contributed by atoms with van der Waals surface area (Å²) in [4.78, 5) is 12.3. The minimum Gasteiger partial charge on any atom is -0.458 e. The van der Waals surface area contributed by atoms with Crippen LogP contribution in [0.5, 0.6) is 0 Å². The van der Waals surface area contributed by atoms with E-state index in [-0.39, 0.29) is 11.8 Å². The highest BCUT2D eigenvalue weighted by atomic mass is 79.9.